The third kappa shape index (κ3) is 2.01. The van der Waals surface area contributed by atoms with Gasteiger partial charge in [0.1, 0.15) is 23.4 Å². The van der Waals surface area contributed by atoms with Crippen LogP contribution in [0.1, 0.15) is 22.8 Å². The molecule has 0 aliphatic carbocycles. The molecule has 0 radical (unpaired) electrons. The summed E-state index contributed by atoms with van der Waals surface area (Å²) in [5.41, 5.74) is 2.67. The van der Waals surface area contributed by atoms with E-state index in [1.54, 1.807) is 13.2 Å². The number of fused-ring (bicyclic) bond motifs is 1. The molecule has 2 aromatic rings. The van der Waals surface area contributed by atoms with Crippen molar-refractivity contribution >= 4 is 6.08 Å². The van der Waals surface area contributed by atoms with Crippen LogP contribution in [0.25, 0.3) is 6.08 Å². The molecule has 1 aliphatic rings. The fourth-order valence-corrected chi connectivity index (χ4v) is 2.44. The Morgan fingerprint density at radius 2 is 1.95 bits per heavy atom. The van der Waals surface area contributed by atoms with Gasteiger partial charge >= 0.3 is 0 Å². The molecule has 2 aromatic carbocycles. The number of hydrogen-bond donors (Lipinski definition) is 1. The van der Waals surface area contributed by atoms with Crippen molar-refractivity contribution in [2.24, 2.45) is 0 Å². The summed E-state index contributed by atoms with van der Waals surface area (Å²) in [5.74, 6) is 1.48. The lowest BCUT2D eigenvalue weighted by Gasteiger charge is -2.24. The smallest absolute Gasteiger partial charge is 0.142 e. The van der Waals surface area contributed by atoms with Crippen molar-refractivity contribution < 1.29 is 14.6 Å². The Bertz CT molecular complexity index is 660. The van der Waals surface area contributed by atoms with E-state index in [1.165, 1.54) is 0 Å². The maximum atomic E-state index is 9.96. The molecular formula is C17H16O3. The van der Waals surface area contributed by atoms with Crippen molar-refractivity contribution in [2.75, 3.05) is 7.11 Å². The molecule has 1 atom stereocenters. The number of hydrogen-bond acceptors (Lipinski definition) is 3. The van der Waals surface area contributed by atoms with Crippen LogP contribution in [-0.4, -0.2) is 12.2 Å². The van der Waals surface area contributed by atoms with Gasteiger partial charge in [-0.3, -0.25) is 0 Å². The van der Waals surface area contributed by atoms with Gasteiger partial charge in [0.25, 0.3) is 0 Å². The Kier molecular flexibility index (Phi) is 3.11. The fourth-order valence-electron chi connectivity index (χ4n) is 2.44. The highest BCUT2D eigenvalue weighted by Gasteiger charge is 2.22. The van der Waals surface area contributed by atoms with Crippen molar-refractivity contribution in [1.82, 2.24) is 0 Å². The van der Waals surface area contributed by atoms with Crippen LogP contribution in [0.5, 0.6) is 17.2 Å². The van der Waals surface area contributed by atoms with Crippen LogP contribution >= 0.6 is 0 Å². The molecule has 20 heavy (non-hydrogen) atoms. The zero-order valence-corrected chi connectivity index (χ0v) is 11.5. The number of phenols is 1. The average molecular weight is 268 g/mol. The summed E-state index contributed by atoms with van der Waals surface area (Å²) < 4.78 is 11.3. The van der Waals surface area contributed by atoms with Gasteiger partial charge in [-0.15, -0.1) is 0 Å². The van der Waals surface area contributed by atoms with Crippen molar-refractivity contribution in [1.29, 1.82) is 0 Å². The van der Waals surface area contributed by atoms with Crippen LogP contribution in [0, 0.1) is 6.92 Å². The zero-order chi connectivity index (χ0) is 14.1. The maximum absolute atomic E-state index is 9.96. The molecule has 0 amide bonds. The quantitative estimate of drug-likeness (QED) is 0.899. The SMILES string of the molecule is COc1c(C)c(O)cc2c1C=C[C@@H](c1ccccc1)O2. The second-order valence-corrected chi connectivity index (χ2v) is 4.77. The largest absolute Gasteiger partial charge is 0.507 e. The highest BCUT2D eigenvalue weighted by Crippen LogP contribution is 2.43. The molecule has 0 unspecified atom stereocenters. The number of phenolic OH excluding ortho intramolecular Hbond substituents is 1. The van der Waals surface area contributed by atoms with Crippen LogP contribution in [-0.2, 0) is 0 Å². The molecule has 0 bridgehead atoms. The molecule has 0 aromatic heterocycles. The number of benzene rings is 2. The predicted octanol–water partition coefficient (Wildman–Crippen LogP) is 3.86. The number of rotatable bonds is 2. The second kappa shape index (κ2) is 4.93. The Hall–Kier alpha value is -2.42. The Balaban J connectivity index is 2.04. The Morgan fingerprint density at radius 3 is 2.65 bits per heavy atom. The summed E-state index contributed by atoms with van der Waals surface area (Å²) in [6.45, 7) is 1.82. The summed E-state index contributed by atoms with van der Waals surface area (Å²) in [6.07, 6.45) is 3.84. The molecule has 1 heterocycles. The predicted molar refractivity (Wildman–Crippen MR) is 78.2 cm³/mol. The maximum Gasteiger partial charge on any atom is 0.142 e. The molecule has 1 aliphatic heterocycles. The molecule has 1 N–H and O–H groups in total. The van der Waals surface area contributed by atoms with Gasteiger partial charge in [-0.1, -0.05) is 30.3 Å². The summed E-state index contributed by atoms with van der Waals surface area (Å²) in [7, 11) is 1.60. The third-order valence-electron chi connectivity index (χ3n) is 3.53. The number of aromatic hydroxyl groups is 1. The van der Waals surface area contributed by atoms with E-state index in [1.807, 2.05) is 49.4 Å². The third-order valence-corrected chi connectivity index (χ3v) is 3.53. The second-order valence-electron chi connectivity index (χ2n) is 4.77. The van der Waals surface area contributed by atoms with Gasteiger partial charge in [0.05, 0.1) is 12.7 Å². The van der Waals surface area contributed by atoms with E-state index in [-0.39, 0.29) is 11.9 Å². The van der Waals surface area contributed by atoms with Crippen LogP contribution in [0.15, 0.2) is 42.5 Å². The first-order valence-corrected chi connectivity index (χ1v) is 6.51. The van der Waals surface area contributed by atoms with E-state index in [4.69, 9.17) is 9.47 Å². The van der Waals surface area contributed by atoms with Crippen LogP contribution in [0.3, 0.4) is 0 Å². The van der Waals surface area contributed by atoms with Crippen molar-refractivity contribution in [3.63, 3.8) is 0 Å². The van der Waals surface area contributed by atoms with E-state index in [0.717, 1.165) is 16.7 Å². The van der Waals surface area contributed by atoms with Gasteiger partial charge < -0.3 is 14.6 Å². The van der Waals surface area contributed by atoms with Gasteiger partial charge in [-0.25, -0.2) is 0 Å². The number of methoxy groups -OCH3 is 1. The van der Waals surface area contributed by atoms with Crippen LogP contribution < -0.4 is 9.47 Å². The molecular weight excluding hydrogens is 252 g/mol. The highest BCUT2D eigenvalue weighted by atomic mass is 16.5. The normalized spacial score (nSPS) is 16.4. The lowest BCUT2D eigenvalue weighted by atomic mass is 10.0. The molecule has 0 saturated heterocycles. The Labute approximate surface area is 118 Å². The molecule has 3 heteroatoms. The minimum Gasteiger partial charge on any atom is -0.507 e. The van der Waals surface area contributed by atoms with E-state index in [0.29, 0.717) is 11.5 Å². The van der Waals surface area contributed by atoms with E-state index >= 15 is 0 Å². The molecule has 3 rings (SSSR count). The first kappa shape index (κ1) is 12.6. The summed E-state index contributed by atoms with van der Waals surface area (Å²) >= 11 is 0. The summed E-state index contributed by atoms with van der Waals surface area (Å²) in [4.78, 5) is 0. The van der Waals surface area contributed by atoms with Gasteiger partial charge in [0.2, 0.25) is 0 Å². The van der Waals surface area contributed by atoms with Gasteiger partial charge in [0, 0.05) is 11.6 Å². The fraction of sp³-hybridized carbons (Fsp3) is 0.176. The van der Waals surface area contributed by atoms with E-state index < -0.39 is 0 Å². The Morgan fingerprint density at radius 1 is 1.20 bits per heavy atom. The van der Waals surface area contributed by atoms with Crippen molar-refractivity contribution in [2.45, 2.75) is 13.0 Å². The first-order chi connectivity index (χ1) is 9.70. The topological polar surface area (TPSA) is 38.7 Å². The average Bonchev–Trinajstić information content (AvgIpc) is 2.49. The molecule has 0 spiro atoms. The minimum atomic E-state index is -0.143. The van der Waals surface area contributed by atoms with Crippen LogP contribution in [0.2, 0.25) is 0 Å². The standard InChI is InChI=1S/C17H16O3/c1-11-14(18)10-16-13(17(11)19-2)8-9-15(20-16)12-6-4-3-5-7-12/h3-10,15,18H,1-2H3/t15-/m0/s1. The summed E-state index contributed by atoms with van der Waals surface area (Å²) in [5, 5.41) is 9.96. The van der Waals surface area contributed by atoms with Crippen molar-refractivity contribution in [3.05, 3.63) is 59.2 Å². The first-order valence-electron chi connectivity index (χ1n) is 6.51. The lowest BCUT2D eigenvalue weighted by Crippen LogP contribution is -2.10. The van der Waals surface area contributed by atoms with Gasteiger partial charge in [-0.2, -0.15) is 0 Å². The molecule has 0 saturated carbocycles. The van der Waals surface area contributed by atoms with Crippen LogP contribution in [0.4, 0.5) is 0 Å². The van der Waals surface area contributed by atoms with Crippen molar-refractivity contribution in [3.8, 4) is 17.2 Å². The van der Waals surface area contributed by atoms with E-state index in [2.05, 4.69) is 0 Å². The monoisotopic (exact) mass is 268 g/mol. The minimum absolute atomic E-state index is 0.143. The molecule has 3 nitrogen and oxygen atoms in total. The van der Waals surface area contributed by atoms with Gasteiger partial charge in [-0.05, 0) is 24.6 Å². The molecule has 102 valence electrons. The summed E-state index contributed by atoms with van der Waals surface area (Å²) in [6, 6.07) is 11.6. The van der Waals surface area contributed by atoms with E-state index in [9.17, 15) is 5.11 Å². The van der Waals surface area contributed by atoms with Gasteiger partial charge in [0.15, 0.2) is 0 Å². The lowest BCUT2D eigenvalue weighted by molar-refractivity contribution is 0.248. The zero-order valence-electron chi connectivity index (χ0n) is 11.5. The molecule has 0 fully saturated rings. The highest BCUT2D eigenvalue weighted by molar-refractivity contribution is 5.71. The number of ether oxygens (including phenoxy) is 2.